The molecule has 0 fully saturated rings. The van der Waals surface area contributed by atoms with E-state index in [1.165, 1.54) is 0 Å². The first-order chi connectivity index (χ1) is 10.8. The van der Waals surface area contributed by atoms with Gasteiger partial charge in [-0.3, -0.25) is 4.79 Å². The normalized spacial score (nSPS) is 15.0. The first kappa shape index (κ1) is 20.5. The number of halogens is 1. The number of ether oxygens (including phenoxy) is 2. The van der Waals surface area contributed by atoms with Crippen LogP contribution in [0.2, 0.25) is 0 Å². The number of benzene rings is 1. The number of fused-ring (bicyclic) bond motifs is 1. The molecule has 2 rings (SSSR count). The maximum Gasteiger partial charge on any atom is 0.224 e. The minimum Gasteiger partial charge on any atom is -0.495 e. The predicted molar refractivity (Wildman–Crippen MR) is 96.5 cm³/mol. The molecule has 0 aromatic heterocycles. The van der Waals surface area contributed by atoms with E-state index < -0.39 is 6.10 Å². The number of aliphatic hydroxyl groups is 1. The van der Waals surface area contributed by atoms with Crippen LogP contribution in [-0.4, -0.2) is 42.9 Å². The van der Waals surface area contributed by atoms with Gasteiger partial charge in [0.15, 0.2) is 0 Å². The Hall–Kier alpha value is -1.50. The van der Waals surface area contributed by atoms with Crippen LogP contribution in [0.1, 0.15) is 32.8 Å². The molecule has 1 heterocycles. The van der Waals surface area contributed by atoms with Crippen LogP contribution >= 0.6 is 12.4 Å². The third-order valence-corrected chi connectivity index (χ3v) is 3.62. The molecule has 1 aromatic rings. The van der Waals surface area contributed by atoms with Crippen LogP contribution in [0.15, 0.2) is 12.1 Å². The SMILES string of the molecule is COc1ccc(OCC(O)CNC(C)(C)C)c2c1NC(=O)CC2.Cl. The summed E-state index contributed by atoms with van der Waals surface area (Å²) in [5.74, 6) is 1.27. The number of aliphatic hydroxyl groups excluding tert-OH is 1. The lowest BCUT2D eigenvalue weighted by Gasteiger charge is -2.25. The quantitative estimate of drug-likeness (QED) is 0.726. The summed E-state index contributed by atoms with van der Waals surface area (Å²) in [6.45, 7) is 6.78. The maximum absolute atomic E-state index is 11.6. The van der Waals surface area contributed by atoms with Crippen molar-refractivity contribution in [3.05, 3.63) is 17.7 Å². The molecular formula is C17H27ClN2O4. The van der Waals surface area contributed by atoms with Crippen LogP contribution in [0, 0.1) is 0 Å². The first-order valence-electron chi connectivity index (χ1n) is 7.86. The maximum atomic E-state index is 11.6. The van der Waals surface area contributed by atoms with Gasteiger partial charge >= 0.3 is 0 Å². The Morgan fingerprint density at radius 1 is 1.29 bits per heavy atom. The number of methoxy groups -OCH3 is 1. The van der Waals surface area contributed by atoms with Gasteiger partial charge in [0.1, 0.15) is 24.2 Å². The number of carbonyl (C=O) groups is 1. The minimum atomic E-state index is -0.606. The van der Waals surface area contributed by atoms with Crippen LogP contribution in [0.5, 0.6) is 11.5 Å². The van der Waals surface area contributed by atoms with Gasteiger partial charge in [0.25, 0.3) is 0 Å². The fourth-order valence-electron chi connectivity index (χ4n) is 2.41. The lowest BCUT2D eigenvalue weighted by Crippen LogP contribution is -2.42. The zero-order valence-electron chi connectivity index (χ0n) is 14.6. The van der Waals surface area contributed by atoms with Crippen molar-refractivity contribution >= 4 is 24.0 Å². The summed E-state index contributed by atoms with van der Waals surface area (Å²) in [5, 5.41) is 16.1. The van der Waals surface area contributed by atoms with E-state index in [2.05, 4.69) is 10.6 Å². The summed E-state index contributed by atoms with van der Waals surface area (Å²) < 4.78 is 11.1. The van der Waals surface area contributed by atoms with Gasteiger partial charge in [-0.25, -0.2) is 0 Å². The van der Waals surface area contributed by atoms with Crippen molar-refractivity contribution in [3.63, 3.8) is 0 Å². The van der Waals surface area contributed by atoms with Crippen molar-refractivity contribution in [3.8, 4) is 11.5 Å². The number of rotatable bonds is 6. The van der Waals surface area contributed by atoms with E-state index in [1.54, 1.807) is 13.2 Å². The molecule has 0 radical (unpaired) electrons. The number of β-amino-alcohol motifs (C(OH)–C–C–N with tert-alkyl or cyclic N) is 1. The smallest absolute Gasteiger partial charge is 0.224 e. The Morgan fingerprint density at radius 3 is 2.58 bits per heavy atom. The molecule has 1 aliphatic rings. The number of amides is 1. The van der Waals surface area contributed by atoms with E-state index in [1.807, 2.05) is 26.8 Å². The van der Waals surface area contributed by atoms with E-state index in [0.717, 1.165) is 5.56 Å². The van der Waals surface area contributed by atoms with Crippen LogP contribution in [-0.2, 0) is 11.2 Å². The summed E-state index contributed by atoms with van der Waals surface area (Å²) in [7, 11) is 1.57. The molecule has 24 heavy (non-hydrogen) atoms. The lowest BCUT2D eigenvalue weighted by atomic mass is 10.0. The zero-order valence-corrected chi connectivity index (χ0v) is 15.5. The Kier molecular flexibility index (Phi) is 7.32. The molecule has 0 bridgehead atoms. The van der Waals surface area contributed by atoms with E-state index in [0.29, 0.717) is 36.6 Å². The van der Waals surface area contributed by atoms with Crippen LogP contribution in [0.3, 0.4) is 0 Å². The standard InChI is InChI=1S/C17H26N2O4.ClH/c1-17(2,3)18-9-11(20)10-23-13-6-7-14(22-4)16-12(13)5-8-15(21)19-16;/h6-7,11,18,20H,5,8-10H2,1-4H3,(H,19,21);1H. The van der Waals surface area contributed by atoms with E-state index in [9.17, 15) is 9.90 Å². The van der Waals surface area contributed by atoms with Gasteiger partial charge in [-0.1, -0.05) is 0 Å². The number of carbonyl (C=O) groups excluding carboxylic acids is 1. The average molecular weight is 359 g/mol. The van der Waals surface area contributed by atoms with Crippen LogP contribution in [0.25, 0.3) is 0 Å². The third-order valence-electron chi connectivity index (χ3n) is 3.62. The van der Waals surface area contributed by atoms with Crippen molar-refractivity contribution in [2.24, 2.45) is 0 Å². The third kappa shape index (κ3) is 5.54. The summed E-state index contributed by atoms with van der Waals surface area (Å²) in [5.41, 5.74) is 1.54. The number of hydrogen-bond acceptors (Lipinski definition) is 5. The molecule has 1 unspecified atom stereocenters. The van der Waals surface area contributed by atoms with Gasteiger partial charge < -0.3 is 25.2 Å². The van der Waals surface area contributed by atoms with Crippen molar-refractivity contribution in [1.29, 1.82) is 0 Å². The Labute approximate surface area is 149 Å². The summed E-state index contributed by atoms with van der Waals surface area (Å²) in [6, 6.07) is 3.58. The van der Waals surface area contributed by atoms with Gasteiger partial charge in [-0.05, 0) is 39.3 Å². The van der Waals surface area contributed by atoms with Crippen molar-refractivity contribution in [2.75, 3.05) is 25.6 Å². The predicted octanol–water partition coefficient (Wildman–Crippen LogP) is 2.13. The van der Waals surface area contributed by atoms with E-state index >= 15 is 0 Å². The Balaban J connectivity index is 0.00000288. The lowest BCUT2D eigenvalue weighted by molar-refractivity contribution is -0.116. The largest absolute Gasteiger partial charge is 0.495 e. The van der Waals surface area contributed by atoms with Crippen molar-refractivity contribution < 1.29 is 19.4 Å². The Morgan fingerprint density at radius 2 is 1.96 bits per heavy atom. The molecule has 3 N–H and O–H groups in total. The van der Waals surface area contributed by atoms with Gasteiger partial charge in [-0.2, -0.15) is 0 Å². The summed E-state index contributed by atoms with van der Waals surface area (Å²) in [6.07, 6.45) is 0.416. The molecule has 0 saturated carbocycles. The molecule has 0 aliphatic carbocycles. The second-order valence-electron chi connectivity index (χ2n) is 6.76. The average Bonchev–Trinajstić information content (AvgIpc) is 2.49. The van der Waals surface area contributed by atoms with Gasteiger partial charge in [0, 0.05) is 24.1 Å². The summed E-state index contributed by atoms with van der Waals surface area (Å²) >= 11 is 0. The first-order valence-corrected chi connectivity index (χ1v) is 7.86. The highest BCUT2D eigenvalue weighted by atomic mass is 35.5. The second kappa shape index (κ2) is 8.55. The topological polar surface area (TPSA) is 79.8 Å². The zero-order chi connectivity index (χ0) is 17.0. The highest BCUT2D eigenvalue weighted by molar-refractivity contribution is 5.96. The van der Waals surface area contributed by atoms with Gasteiger partial charge in [0.2, 0.25) is 5.91 Å². The molecule has 1 aliphatic heterocycles. The molecule has 6 nitrogen and oxygen atoms in total. The molecular weight excluding hydrogens is 332 g/mol. The molecule has 7 heteroatoms. The fraction of sp³-hybridized carbons (Fsp3) is 0.588. The Bertz CT molecular complexity index is 572. The molecule has 1 atom stereocenters. The highest BCUT2D eigenvalue weighted by Gasteiger charge is 2.23. The number of hydrogen-bond donors (Lipinski definition) is 3. The minimum absolute atomic E-state index is 0. The van der Waals surface area contributed by atoms with E-state index in [-0.39, 0.29) is 30.5 Å². The molecule has 0 spiro atoms. The molecule has 0 saturated heterocycles. The van der Waals surface area contributed by atoms with Crippen LogP contribution in [0.4, 0.5) is 5.69 Å². The fourth-order valence-corrected chi connectivity index (χ4v) is 2.41. The number of anilines is 1. The highest BCUT2D eigenvalue weighted by Crippen LogP contribution is 2.38. The number of nitrogens with one attached hydrogen (secondary N) is 2. The van der Waals surface area contributed by atoms with Crippen molar-refractivity contribution in [2.45, 2.75) is 45.3 Å². The van der Waals surface area contributed by atoms with E-state index in [4.69, 9.17) is 9.47 Å². The van der Waals surface area contributed by atoms with Crippen molar-refractivity contribution in [1.82, 2.24) is 5.32 Å². The monoisotopic (exact) mass is 358 g/mol. The molecule has 136 valence electrons. The van der Waals surface area contributed by atoms with Gasteiger partial charge in [0.05, 0.1) is 12.8 Å². The molecule has 1 aromatic carbocycles. The van der Waals surface area contributed by atoms with Gasteiger partial charge in [-0.15, -0.1) is 12.4 Å². The molecule has 1 amide bonds. The van der Waals surface area contributed by atoms with Crippen LogP contribution < -0.4 is 20.1 Å². The second-order valence-corrected chi connectivity index (χ2v) is 6.76. The summed E-state index contributed by atoms with van der Waals surface area (Å²) in [4.78, 5) is 11.6.